The highest BCUT2D eigenvalue weighted by atomic mass is 32.2. The van der Waals surface area contributed by atoms with Gasteiger partial charge in [-0.25, -0.2) is 8.42 Å². The van der Waals surface area contributed by atoms with Crippen LogP contribution in [0, 0.1) is 0 Å². The summed E-state index contributed by atoms with van der Waals surface area (Å²) < 4.78 is 28.3. The van der Waals surface area contributed by atoms with Crippen molar-refractivity contribution in [1.82, 2.24) is 19.1 Å². The minimum atomic E-state index is -3.70. The molecule has 0 bridgehead atoms. The number of primary amides is 1. The van der Waals surface area contributed by atoms with Crippen molar-refractivity contribution in [2.45, 2.75) is 24.8 Å². The molecule has 0 unspecified atom stereocenters. The number of amides is 2. The summed E-state index contributed by atoms with van der Waals surface area (Å²) in [6.45, 7) is 5.73. The van der Waals surface area contributed by atoms with E-state index in [1.54, 1.807) is 7.05 Å². The van der Waals surface area contributed by atoms with Crippen molar-refractivity contribution >= 4 is 21.8 Å². The van der Waals surface area contributed by atoms with Gasteiger partial charge in [-0.1, -0.05) is 0 Å². The van der Waals surface area contributed by atoms with Gasteiger partial charge in [-0.15, -0.1) is 0 Å². The molecule has 10 heteroatoms. The maximum atomic E-state index is 12.8. The Labute approximate surface area is 147 Å². The van der Waals surface area contributed by atoms with Gasteiger partial charge < -0.3 is 15.6 Å². The Bertz CT molecular complexity index is 750. The molecule has 0 saturated carbocycles. The van der Waals surface area contributed by atoms with E-state index in [1.807, 2.05) is 18.7 Å². The van der Waals surface area contributed by atoms with Crippen LogP contribution < -0.4 is 11.1 Å². The summed E-state index contributed by atoms with van der Waals surface area (Å²) in [5.41, 5.74) is 5.38. The number of carbonyl (C=O) groups is 2. The van der Waals surface area contributed by atoms with E-state index in [2.05, 4.69) is 5.32 Å². The summed E-state index contributed by atoms with van der Waals surface area (Å²) >= 11 is 0. The second-order valence-electron chi connectivity index (χ2n) is 6.05. The van der Waals surface area contributed by atoms with Crippen LogP contribution in [0.3, 0.4) is 0 Å². The Hall–Kier alpha value is -1.91. The molecule has 0 spiro atoms. The first-order valence-electron chi connectivity index (χ1n) is 8.16. The minimum absolute atomic E-state index is 0.0500. The van der Waals surface area contributed by atoms with Crippen LogP contribution >= 0.6 is 0 Å². The lowest BCUT2D eigenvalue weighted by Crippen LogP contribution is -2.54. The maximum absolute atomic E-state index is 12.8. The molecule has 0 aromatic carbocycles. The van der Waals surface area contributed by atoms with Crippen LogP contribution in [0.15, 0.2) is 17.2 Å². The molecular formula is C15H25N5O4S. The molecular weight excluding hydrogens is 346 g/mol. The number of aryl methyl sites for hydroxylation is 1. The zero-order chi connectivity index (χ0) is 18.8. The van der Waals surface area contributed by atoms with Crippen molar-refractivity contribution < 1.29 is 18.0 Å². The van der Waals surface area contributed by atoms with Gasteiger partial charge in [-0.3, -0.25) is 14.5 Å². The highest BCUT2D eigenvalue weighted by Gasteiger charge is 2.32. The SMILES string of the molecule is CCNC(=O)[C@@H](C)N1CCN(S(=O)(=O)c2cc(C(N)=O)n(C)c2)CC1. The number of nitrogens with one attached hydrogen (secondary N) is 1. The normalized spacial score (nSPS) is 18.0. The first-order chi connectivity index (χ1) is 11.7. The molecule has 2 amide bonds. The highest BCUT2D eigenvalue weighted by molar-refractivity contribution is 7.89. The second kappa shape index (κ2) is 7.54. The minimum Gasteiger partial charge on any atom is -0.364 e. The molecule has 0 aliphatic carbocycles. The van der Waals surface area contributed by atoms with Gasteiger partial charge >= 0.3 is 0 Å². The monoisotopic (exact) mass is 371 g/mol. The molecule has 1 aromatic heterocycles. The van der Waals surface area contributed by atoms with Gasteiger partial charge in [0.15, 0.2) is 0 Å². The Morgan fingerprint density at radius 1 is 1.28 bits per heavy atom. The Kier molecular flexibility index (Phi) is 5.86. The molecule has 1 atom stereocenters. The van der Waals surface area contributed by atoms with E-state index in [-0.39, 0.29) is 35.6 Å². The van der Waals surface area contributed by atoms with Crippen LogP contribution in [0.2, 0.25) is 0 Å². The lowest BCUT2D eigenvalue weighted by Gasteiger charge is -2.36. The van der Waals surface area contributed by atoms with Gasteiger partial charge in [-0.2, -0.15) is 4.31 Å². The molecule has 1 fully saturated rings. The number of sulfonamides is 1. The predicted molar refractivity (Wildman–Crippen MR) is 92.4 cm³/mol. The standard InChI is InChI=1S/C15H25N5O4S/c1-4-17-15(22)11(2)19-5-7-20(8-6-19)25(23,24)12-9-13(14(16)21)18(3)10-12/h9-11H,4-8H2,1-3H3,(H2,16,21)(H,17,22)/t11-/m1/s1. The van der Waals surface area contributed by atoms with Gasteiger partial charge in [0, 0.05) is 46.0 Å². The number of nitrogens with zero attached hydrogens (tertiary/aromatic N) is 3. The highest BCUT2D eigenvalue weighted by Crippen LogP contribution is 2.20. The van der Waals surface area contributed by atoms with E-state index < -0.39 is 15.9 Å². The Morgan fingerprint density at radius 3 is 2.36 bits per heavy atom. The molecule has 2 heterocycles. The van der Waals surface area contributed by atoms with E-state index in [1.165, 1.54) is 21.1 Å². The van der Waals surface area contributed by atoms with Gasteiger partial charge in [0.05, 0.1) is 6.04 Å². The predicted octanol–water partition coefficient (Wildman–Crippen LogP) is -1.05. The summed E-state index contributed by atoms with van der Waals surface area (Å²) in [5.74, 6) is -0.738. The number of hydrogen-bond donors (Lipinski definition) is 2. The average Bonchev–Trinajstić information content (AvgIpc) is 2.97. The third-order valence-corrected chi connectivity index (χ3v) is 6.29. The van der Waals surface area contributed by atoms with Crippen molar-refractivity contribution in [2.75, 3.05) is 32.7 Å². The molecule has 9 nitrogen and oxygen atoms in total. The average molecular weight is 371 g/mol. The Balaban J connectivity index is 2.08. The van der Waals surface area contributed by atoms with E-state index in [4.69, 9.17) is 5.73 Å². The summed E-state index contributed by atoms with van der Waals surface area (Å²) in [6.07, 6.45) is 1.39. The molecule has 0 radical (unpaired) electrons. The molecule has 2 rings (SSSR count). The fourth-order valence-corrected chi connectivity index (χ4v) is 4.38. The second-order valence-corrected chi connectivity index (χ2v) is 7.98. The van der Waals surface area contributed by atoms with Crippen LogP contribution in [0.4, 0.5) is 0 Å². The summed E-state index contributed by atoms with van der Waals surface area (Å²) in [6, 6.07) is 0.990. The van der Waals surface area contributed by atoms with Gasteiger partial charge in [0.25, 0.3) is 5.91 Å². The number of carbonyl (C=O) groups excluding carboxylic acids is 2. The molecule has 3 N–H and O–H groups in total. The Morgan fingerprint density at radius 2 is 1.88 bits per heavy atom. The van der Waals surface area contributed by atoms with Crippen LogP contribution in [-0.4, -0.2) is 72.8 Å². The molecule has 25 heavy (non-hydrogen) atoms. The zero-order valence-corrected chi connectivity index (χ0v) is 15.5. The van der Waals surface area contributed by atoms with E-state index in [0.29, 0.717) is 19.6 Å². The number of hydrogen-bond acceptors (Lipinski definition) is 5. The fraction of sp³-hybridized carbons (Fsp3) is 0.600. The summed E-state index contributed by atoms with van der Waals surface area (Å²) in [7, 11) is -2.12. The lowest BCUT2D eigenvalue weighted by atomic mass is 10.2. The van der Waals surface area contributed by atoms with Crippen molar-refractivity contribution in [3.05, 3.63) is 18.0 Å². The number of aromatic nitrogens is 1. The number of nitrogens with two attached hydrogens (primary N) is 1. The van der Waals surface area contributed by atoms with E-state index >= 15 is 0 Å². The van der Waals surface area contributed by atoms with Crippen molar-refractivity contribution in [3.8, 4) is 0 Å². The lowest BCUT2D eigenvalue weighted by molar-refractivity contribution is -0.126. The largest absolute Gasteiger partial charge is 0.364 e. The first kappa shape index (κ1) is 19.4. The summed E-state index contributed by atoms with van der Waals surface area (Å²) in [5, 5.41) is 2.77. The van der Waals surface area contributed by atoms with E-state index in [9.17, 15) is 18.0 Å². The number of piperazine rings is 1. The molecule has 1 aliphatic rings. The smallest absolute Gasteiger partial charge is 0.265 e. The van der Waals surface area contributed by atoms with Gasteiger partial charge in [-0.05, 0) is 19.9 Å². The number of likely N-dealkylation sites (N-methyl/N-ethyl adjacent to an activating group) is 1. The molecule has 1 aromatic rings. The van der Waals surface area contributed by atoms with Crippen molar-refractivity contribution in [3.63, 3.8) is 0 Å². The molecule has 1 saturated heterocycles. The van der Waals surface area contributed by atoms with Crippen LogP contribution in [0.5, 0.6) is 0 Å². The zero-order valence-electron chi connectivity index (χ0n) is 14.7. The topological polar surface area (TPSA) is 118 Å². The van der Waals surface area contributed by atoms with Gasteiger partial charge in [0.1, 0.15) is 10.6 Å². The fourth-order valence-electron chi connectivity index (χ4n) is 2.89. The van der Waals surface area contributed by atoms with Crippen LogP contribution in [-0.2, 0) is 21.9 Å². The van der Waals surface area contributed by atoms with E-state index in [0.717, 1.165) is 0 Å². The molecule has 140 valence electrons. The maximum Gasteiger partial charge on any atom is 0.265 e. The third-order valence-electron chi connectivity index (χ3n) is 4.42. The van der Waals surface area contributed by atoms with Crippen molar-refractivity contribution in [2.24, 2.45) is 12.8 Å². The molecule has 1 aliphatic heterocycles. The summed E-state index contributed by atoms with van der Waals surface area (Å²) in [4.78, 5) is 25.2. The van der Waals surface area contributed by atoms with Crippen LogP contribution in [0.25, 0.3) is 0 Å². The number of rotatable bonds is 6. The third kappa shape index (κ3) is 4.02. The van der Waals surface area contributed by atoms with Crippen LogP contribution in [0.1, 0.15) is 24.3 Å². The van der Waals surface area contributed by atoms with Crippen molar-refractivity contribution in [1.29, 1.82) is 0 Å². The quantitative estimate of drug-likeness (QED) is 0.662. The van der Waals surface area contributed by atoms with Gasteiger partial charge in [0.2, 0.25) is 15.9 Å². The first-order valence-corrected chi connectivity index (χ1v) is 9.60.